The second kappa shape index (κ2) is 6.58. The van der Waals surface area contributed by atoms with Gasteiger partial charge in [0, 0.05) is 24.7 Å². The summed E-state index contributed by atoms with van der Waals surface area (Å²) in [5.41, 5.74) is 0.0126. The van der Waals surface area contributed by atoms with Gasteiger partial charge in [0.1, 0.15) is 11.4 Å². The Morgan fingerprint density at radius 3 is 2.75 bits per heavy atom. The standard InChI is InChI=1S/C15H17N7O.ClH/c23-14(20-13-2-7-17-12-3-8-19-22(12)13)15(4-9-16-10-5-15)21-11-1-6-18-21;/h1-3,6-8,11,16H,4-5,9-10H2,(H,20,23);1H. The van der Waals surface area contributed by atoms with Crippen LogP contribution in [-0.2, 0) is 10.3 Å². The van der Waals surface area contributed by atoms with E-state index in [1.165, 1.54) is 0 Å². The average molecular weight is 348 g/mol. The quantitative estimate of drug-likeness (QED) is 0.739. The van der Waals surface area contributed by atoms with Crippen molar-refractivity contribution in [2.45, 2.75) is 18.4 Å². The molecule has 1 aliphatic heterocycles. The first-order valence-electron chi connectivity index (χ1n) is 7.61. The summed E-state index contributed by atoms with van der Waals surface area (Å²) in [6, 6.07) is 5.38. The summed E-state index contributed by atoms with van der Waals surface area (Å²) in [7, 11) is 0. The van der Waals surface area contributed by atoms with E-state index in [1.807, 2.05) is 12.3 Å². The van der Waals surface area contributed by atoms with Gasteiger partial charge < -0.3 is 10.6 Å². The number of carbonyl (C=O) groups excluding carboxylic acids is 1. The third kappa shape index (κ3) is 2.63. The topological polar surface area (TPSA) is 89.1 Å². The number of nitrogens with one attached hydrogen (secondary N) is 2. The Hall–Kier alpha value is -2.45. The molecule has 4 rings (SSSR count). The van der Waals surface area contributed by atoms with E-state index in [2.05, 4.69) is 25.8 Å². The van der Waals surface area contributed by atoms with E-state index in [4.69, 9.17) is 0 Å². The lowest BCUT2D eigenvalue weighted by Gasteiger charge is -2.36. The second-order valence-corrected chi connectivity index (χ2v) is 5.62. The molecule has 1 aliphatic rings. The van der Waals surface area contributed by atoms with Gasteiger partial charge in [-0.15, -0.1) is 12.4 Å². The predicted octanol–water partition coefficient (Wildman–Crippen LogP) is 1.06. The minimum absolute atomic E-state index is 0. The molecule has 0 aliphatic carbocycles. The van der Waals surface area contributed by atoms with Gasteiger partial charge >= 0.3 is 0 Å². The van der Waals surface area contributed by atoms with Crippen molar-refractivity contribution in [2.75, 3.05) is 18.4 Å². The molecule has 0 unspecified atom stereocenters. The van der Waals surface area contributed by atoms with Gasteiger partial charge in [-0.1, -0.05) is 0 Å². The fourth-order valence-corrected chi connectivity index (χ4v) is 3.08. The van der Waals surface area contributed by atoms with Crippen molar-refractivity contribution in [3.8, 4) is 0 Å². The molecule has 0 radical (unpaired) electrons. The van der Waals surface area contributed by atoms with Crippen molar-refractivity contribution in [3.63, 3.8) is 0 Å². The Morgan fingerprint density at radius 2 is 2.00 bits per heavy atom. The summed E-state index contributed by atoms with van der Waals surface area (Å²) in [6.45, 7) is 1.56. The zero-order valence-electron chi connectivity index (χ0n) is 12.9. The lowest BCUT2D eigenvalue weighted by atomic mass is 9.87. The Labute approximate surface area is 144 Å². The summed E-state index contributed by atoms with van der Waals surface area (Å²) < 4.78 is 3.39. The van der Waals surface area contributed by atoms with Crippen molar-refractivity contribution < 1.29 is 4.79 Å². The number of carbonyl (C=O) groups is 1. The van der Waals surface area contributed by atoms with Crippen LogP contribution in [-0.4, -0.2) is 43.4 Å². The number of fused-ring (bicyclic) bond motifs is 1. The first kappa shape index (κ1) is 16.4. The summed E-state index contributed by atoms with van der Waals surface area (Å²) >= 11 is 0. The number of rotatable bonds is 3. The third-order valence-electron chi connectivity index (χ3n) is 4.33. The van der Waals surface area contributed by atoms with E-state index in [0.717, 1.165) is 13.1 Å². The smallest absolute Gasteiger partial charge is 0.253 e. The monoisotopic (exact) mass is 347 g/mol. The number of amides is 1. The van der Waals surface area contributed by atoms with E-state index in [9.17, 15) is 4.79 Å². The van der Waals surface area contributed by atoms with Gasteiger partial charge in [-0.3, -0.25) is 9.48 Å². The van der Waals surface area contributed by atoms with Crippen LogP contribution in [0, 0.1) is 0 Å². The Kier molecular flexibility index (Phi) is 4.50. The van der Waals surface area contributed by atoms with Crippen molar-refractivity contribution >= 4 is 29.8 Å². The molecule has 0 spiro atoms. The molecule has 0 atom stereocenters. The first-order valence-corrected chi connectivity index (χ1v) is 7.61. The largest absolute Gasteiger partial charge is 0.317 e. The summed E-state index contributed by atoms with van der Waals surface area (Å²) in [4.78, 5) is 17.3. The van der Waals surface area contributed by atoms with Crippen LogP contribution in [0.2, 0.25) is 0 Å². The maximum Gasteiger partial charge on any atom is 0.253 e. The van der Waals surface area contributed by atoms with Crippen LogP contribution in [0.5, 0.6) is 0 Å². The molecule has 1 amide bonds. The van der Waals surface area contributed by atoms with Crippen LogP contribution in [0.25, 0.3) is 5.65 Å². The first-order chi connectivity index (χ1) is 11.3. The van der Waals surface area contributed by atoms with Gasteiger partial charge in [-0.05, 0) is 38.1 Å². The summed E-state index contributed by atoms with van der Waals surface area (Å²) in [5, 5.41) is 14.8. The van der Waals surface area contributed by atoms with Crippen LogP contribution < -0.4 is 10.6 Å². The molecular weight excluding hydrogens is 330 g/mol. The van der Waals surface area contributed by atoms with Gasteiger partial charge in [0.2, 0.25) is 0 Å². The number of hydrogen-bond donors (Lipinski definition) is 2. The zero-order valence-corrected chi connectivity index (χ0v) is 13.7. The van der Waals surface area contributed by atoms with Crippen molar-refractivity contribution in [1.29, 1.82) is 0 Å². The molecule has 1 fully saturated rings. The van der Waals surface area contributed by atoms with Crippen LogP contribution in [0.15, 0.2) is 43.0 Å². The van der Waals surface area contributed by atoms with Crippen molar-refractivity contribution in [1.82, 2.24) is 29.7 Å². The van der Waals surface area contributed by atoms with E-state index < -0.39 is 5.54 Å². The maximum absolute atomic E-state index is 13.1. The molecule has 0 bridgehead atoms. The molecule has 0 saturated carbocycles. The van der Waals surface area contributed by atoms with Crippen LogP contribution >= 0.6 is 12.4 Å². The van der Waals surface area contributed by atoms with Crippen LogP contribution in [0.3, 0.4) is 0 Å². The Bertz CT molecular complexity index is 823. The number of anilines is 1. The van der Waals surface area contributed by atoms with Gasteiger partial charge in [-0.2, -0.15) is 14.7 Å². The molecule has 9 heteroatoms. The number of aromatic nitrogens is 5. The molecule has 24 heavy (non-hydrogen) atoms. The predicted molar refractivity (Wildman–Crippen MR) is 91.2 cm³/mol. The van der Waals surface area contributed by atoms with Gasteiger partial charge in [0.25, 0.3) is 5.91 Å². The van der Waals surface area contributed by atoms with E-state index in [0.29, 0.717) is 24.3 Å². The number of piperidine rings is 1. The highest BCUT2D eigenvalue weighted by molar-refractivity contribution is 5.96. The number of hydrogen-bond acceptors (Lipinski definition) is 5. The average Bonchev–Trinajstić information content (AvgIpc) is 3.27. The minimum Gasteiger partial charge on any atom is -0.317 e. The molecule has 126 valence electrons. The van der Waals surface area contributed by atoms with Crippen molar-refractivity contribution in [3.05, 3.63) is 43.0 Å². The minimum atomic E-state index is -0.683. The SMILES string of the molecule is Cl.O=C(Nc1ccnc2ccnn12)C1(n2cccn2)CCNCC1. The van der Waals surface area contributed by atoms with Gasteiger partial charge in [0.15, 0.2) is 5.65 Å². The molecule has 1 saturated heterocycles. The molecule has 3 aromatic rings. The van der Waals surface area contributed by atoms with Crippen LogP contribution in [0.4, 0.5) is 5.82 Å². The summed E-state index contributed by atoms with van der Waals surface area (Å²) in [5.74, 6) is 0.528. The fraction of sp³-hybridized carbons (Fsp3) is 0.333. The molecule has 2 N–H and O–H groups in total. The Balaban J connectivity index is 0.00000169. The highest BCUT2D eigenvalue weighted by Crippen LogP contribution is 2.28. The number of nitrogens with zero attached hydrogens (tertiary/aromatic N) is 5. The summed E-state index contributed by atoms with van der Waals surface area (Å²) in [6.07, 6.45) is 8.25. The van der Waals surface area contributed by atoms with Gasteiger partial charge in [-0.25, -0.2) is 4.98 Å². The van der Waals surface area contributed by atoms with Gasteiger partial charge in [0.05, 0.1) is 6.20 Å². The second-order valence-electron chi connectivity index (χ2n) is 5.62. The molecular formula is C15H18ClN7O. The molecule has 0 aromatic carbocycles. The molecule has 3 aromatic heterocycles. The van der Waals surface area contributed by atoms with Crippen LogP contribution in [0.1, 0.15) is 12.8 Å². The lowest BCUT2D eigenvalue weighted by Crippen LogP contribution is -2.52. The highest BCUT2D eigenvalue weighted by Gasteiger charge is 2.42. The molecule has 4 heterocycles. The van der Waals surface area contributed by atoms with E-state index in [-0.39, 0.29) is 18.3 Å². The van der Waals surface area contributed by atoms with E-state index >= 15 is 0 Å². The third-order valence-corrected chi connectivity index (χ3v) is 4.33. The fourth-order valence-electron chi connectivity index (χ4n) is 3.08. The van der Waals surface area contributed by atoms with E-state index in [1.54, 1.807) is 39.9 Å². The van der Waals surface area contributed by atoms with Crippen molar-refractivity contribution in [2.24, 2.45) is 0 Å². The highest BCUT2D eigenvalue weighted by atomic mass is 35.5. The molecule has 8 nitrogen and oxygen atoms in total. The maximum atomic E-state index is 13.1. The lowest BCUT2D eigenvalue weighted by molar-refractivity contribution is -0.126. The zero-order chi connectivity index (χ0) is 15.7. The number of halogens is 1. The Morgan fingerprint density at radius 1 is 1.17 bits per heavy atom. The normalized spacial score (nSPS) is 16.5.